The van der Waals surface area contributed by atoms with E-state index in [0.717, 1.165) is 64.8 Å². The molecule has 176 valence electrons. The van der Waals surface area contributed by atoms with Crippen molar-refractivity contribution in [3.8, 4) is 11.5 Å². The Balaban J connectivity index is 1.26. The van der Waals surface area contributed by atoms with E-state index in [0.29, 0.717) is 11.8 Å². The number of nitrogens with one attached hydrogen (secondary N) is 2. The minimum absolute atomic E-state index is 0.371. The third-order valence-corrected chi connectivity index (χ3v) is 6.22. The molecule has 1 aromatic carbocycles. The van der Waals surface area contributed by atoms with Crippen molar-refractivity contribution in [2.75, 3.05) is 29.9 Å². The molecule has 5 heterocycles. The predicted molar refractivity (Wildman–Crippen MR) is 135 cm³/mol. The summed E-state index contributed by atoms with van der Waals surface area (Å²) in [6, 6.07) is 12.1. The van der Waals surface area contributed by atoms with E-state index in [-0.39, 0.29) is 0 Å². The largest absolute Gasteiger partial charge is 0.457 e. The van der Waals surface area contributed by atoms with E-state index in [1.807, 2.05) is 49.6 Å². The van der Waals surface area contributed by atoms with E-state index < -0.39 is 0 Å². The van der Waals surface area contributed by atoms with Crippen LogP contribution in [0.15, 0.2) is 61.4 Å². The van der Waals surface area contributed by atoms with E-state index in [2.05, 4.69) is 53.6 Å². The molecule has 35 heavy (non-hydrogen) atoms. The predicted octanol–water partition coefficient (Wildman–Crippen LogP) is 3.71. The van der Waals surface area contributed by atoms with Crippen LogP contribution in [-0.2, 0) is 0 Å². The first-order valence-corrected chi connectivity index (χ1v) is 11.6. The van der Waals surface area contributed by atoms with Gasteiger partial charge < -0.3 is 20.3 Å². The molecule has 2 N–H and O–H groups in total. The second-order valence-electron chi connectivity index (χ2n) is 8.66. The van der Waals surface area contributed by atoms with Gasteiger partial charge in [-0.2, -0.15) is 5.10 Å². The number of benzene rings is 1. The number of ether oxygens (including phenoxy) is 1. The van der Waals surface area contributed by atoms with E-state index in [4.69, 9.17) is 4.74 Å². The lowest BCUT2D eigenvalue weighted by Crippen LogP contribution is -2.50. The fourth-order valence-corrected chi connectivity index (χ4v) is 4.35. The van der Waals surface area contributed by atoms with Crippen LogP contribution >= 0.6 is 0 Å². The summed E-state index contributed by atoms with van der Waals surface area (Å²) >= 11 is 0. The molecule has 6 rings (SSSR count). The molecule has 10 nitrogen and oxygen atoms in total. The van der Waals surface area contributed by atoms with Gasteiger partial charge in [0.15, 0.2) is 5.65 Å². The normalized spacial score (nSPS) is 16.1. The molecule has 1 aliphatic rings. The highest BCUT2D eigenvalue weighted by Crippen LogP contribution is 2.31. The smallest absolute Gasteiger partial charge is 0.158 e. The van der Waals surface area contributed by atoms with Crippen molar-refractivity contribution in [3.05, 3.63) is 67.0 Å². The van der Waals surface area contributed by atoms with E-state index >= 15 is 0 Å². The molecule has 5 aromatic rings. The van der Waals surface area contributed by atoms with E-state index in [1.54, 1.807) is 10.8 Å². The van der Waals surface area contributed by atoms with Crippen molar-refractivity contribution in [1.29, 1.82) is 0 Å². The average Bonchev–Trinajstić information content (AvgIpc) is 3.34. The molecule has 4 aromatic heterocycles. The summed E-state index contributed by atoms with van der Waals surface area (Å²) in [5, 5.41) is 11.9. The summed E-state index contributed by atoms with van der Waals surface area (Å²) < 4.78 is 7.80. The molecule has 1 saturated heterocycles. The van der Waals surface area contributed by atoms with Crippen molar-refractivity contribution in [2.24, 2.45) is 0 Å². The second kappa shape index (κ2) is 8.80. The molecule has 0 bridgehead atoms. The van der Waals surface area contributed by atoms with Gasteiger partial charge in [-0.25, -0.2) is 24.5 Å². The molecule has 0 spiro atoms. The highest BCUT2D eigenvalue weighted by atomic mass is 16.5. The van der Waals surface area contributed by atoms with Gasteiger partial charge in [-0.3, -0.25) is 0 Å². The summed E-state index contributed by atoms with van der Waals surface area (Å²) in [6.07, 6.45) is 6.73. The number of hydrogen-bond acceptors (Lipinski definition) is 9. The molecular weight excluding hydrogens is 442 g/mol. The number of hydrogen-bond donors (Lipinski definition) is 2. The number of anilines is 3. The van der Waals surface area contributed by atoms with Gasteiger partial charge in [0.25, 0.3) is 0 Å². The Morgan fingerprint density at radius 1 is 1.06 bits per heavy atom. The lowest BCUT2D eigenvalue weighted by atomic mass is 10.2. The molecule has 0 amide bonds. The summed E-state index contributed by atoms with van der Waals surface area (Å²) in [4.78, 5) is 20.1. The van der Waals surface area contributed by atoms with Crippen LogP contribution in [0.3, 0.4) is 0 Å². The van der Waals surface area contributed by atoms with E-state index in [9.17, 15) is 0 Å². The van der Waals surface area contributed by atoms with Gasteiger partial charge in [-0.1, -0.05) is 0 Å². The lowest BCUT2D eigenvalue weighted by Gasteiger charge is -2.35. The Morgan fingerprint density at radius 2 is 2.00 bits per heavy atom. The monoisotopic (exact) mass is 467 g/mol. The summed E-state index contributed by atoms with van der Waals surface area (Å²) in [6.45, 7) is 7.02. The maximum atomic E-state index is 6.10. The molecule has 1 atom stereocenters. The second-order valence-corrected chi connectivity index (χ2v) is 8.66. The van der Waals surface area contributed by atoms with Gasteiger partial charge in [0.05, 0.1) is 11.7 Å². The third kappa shape index (κ3) is 4.19. The van der Waals surface area contributed by atoms with Crippen LogP contribution in [0.4, 0.5) is 17.3 Å². The van der Waals surface area contributed by atoms with E-state index in [1.165, 1.54) is 6.33 Å². The van der Waals surface area contributed by atoms with Crippen molar-refractivity contribution >= 4 is 33.9 Å². The Hall–Kier alpha value is -4.31. The number of rotatable bonds is 5. The summed E-state index contributed by atoms with van der Waals surface area (Å²) in [7, 11) is 0. The Kier molecular flexibility index (Phi) is 5.34. The maximum absolute atomic E-state index is 6.10. The van der Waals surface area contributed by atoms with Gasteiger partial charge in [-0.15, -0.1) is 0 Å². The average molecular weight is 468 g/mol. The minimum Gasteiger partial charge on any atom is -0.457 e. The van der Waals surface area contributed by atoms with Crippen molar-refractivity contribution < 1.29 is 4.74 Å². The first-order chi connectivity index (χ1) is 17.1. The molecule has 10 heteroatoms. The van der Waals surface area contributed by atoms with Gasteiger partial charge in [0, 0.05) is 49.0 Å². The maximum Gasteiger partial charge on any atom is 0.158 e. The van der Waals surface area contributed by atoms with Crippen molar-refractivity contribution in [3.63, 3.8) is 0 Å². The SMILES string of the molecule is Cc1cc(Nc2ncnc3cnc(N4CCNCC4C)cc23)ccc1Oc1ccn2ncnc2c1. The zero-order valence-corrected chi connectivity index (χ0v) is 19.5. The first-order valence-electron chi connectivity index (χ1n) is 11.6. The van der Waals surface area contributed by atoms with Crippen LogP contribution in [0, 0.1) is 6.92 Å². The zero-order valence-electron chi connectivity index (χ0n) is 19.5. The third-order valence-electron chi connectivity index (χ3n) is 6.22. The Labute approximate surface area is 202 Å². The highest BCUT2D eigenvalue weighted by Gasteiger charge is 2.20. The number of aromatic nitrogens is 6. The standard InChI is InChI=1S/C25H25N9O/c1-16-9-18(3-4-22(16)35-19-5-7-34-24(10-19)29-15-31-34)32-25-20-11-23(27-13-21(20)28-14-30-25)33-8-6-26-12-17(33)2/h3-5,7,9-11,13-15,17,26H,6,8,12H2,1-2H3,(H,28,30,32). The molecule has 0 radical (unpaired) electrons. The van der Waals surface area contributed by atoms with Gasteiger partial charge in [0.2, 0.25) is 0 Å². The summed E-state index contributed by atoms with van der Waals surface area (Å²) in [5.41, 5.74) is 3.44. The number of aryl methyl sites for hydroxylation is 1. The molecule has 0 aliphatic carbocycles. The number of fused-ring (bicyclic) bond motifs is 2. The fraction of sp³-hybridized carbons (Fsp3) is 0.240. The van der Waals surface area contributed by atoms with Crippen LogP contribution in [0.2, 0.25) is 0 Å². The van der Waals surface area contributed by atoms with Crippen LogP contribution < -0.4 is 20.3 Å². The molecule has 1 unspecified atom stereocenters. The number of pyridine rings is 2. The number of piperazine rings is 1. The zero-order chi connectivity index (χ0) is 23.8. The topological polar surface area (TPSA) is 105 Å². The summed E-state index contributed by atoms with van der Waals surface area (Å²) in [5.74, 6) is 3.16. The fourth-order valence-electron chi connectivity index (χ4n) is 4.35. The Morgan fingerprint density at radius 3 is 2.89 bits per heavy atom. The van der Waals surface area contributed by atoms with Crippen LogP contribution in [0.5, 0.6) is 11.5 Å². The lowest BCUT2D eigenvalue weighted by molar-refractivity contribution is 0.478. The highest BCUT2D eigenvalue weighted by molar-refractivity contribution is 5.92. The van der Waals surface area contributed by atoms with Gasteiger partial charge in [-0.05, 0) is 49.7 Å². The Bertz CT molecular complexity index is 1520. The first kappa shape index (κ1) is 21.2. The molecule has 1 fully saturated rings. The van der Waals surface area contributed by atoms with Crippen LogP contribution in [-0.4, -0.2) is 55.2 Å². The van der Waals surface area contributed by atoms with Crippen LogP contribution in [0.1, 0.15) is 12.5 Å². The molecule has 0 saturated carbocycles. The molecular formula is C25H25N9O. The minimum atomic E-state index is 0.371. The van der Waals surface area contributed by atoms with Gasteiger partial charge >= 0.3 is 0 Å². The van der Waals surface area contributed by atoms with Gasteiger partial charge in [0.1, 0.15) is 35.8 Å². The van der Waals surface area contributed by atoms with Crippen LogP contribution in [0.25, 0.3) is 16.6 Å². The number of nitrogens with zero attached hydrogens (tertiary/aromatic N) is 7. The van der Waals surface area contributed by atoms with Crippen molar-refractivity contribution in [1.82, 2.24) is 34.9 Å². The quantitative estimate of drug-likeness (QED) is 0.400. The molecule has 1 aliphatic heterocycles. The van der Waals surface area contributed by atoms with Crippen molar-refractivity contribution in [2.45, 2.75) is 19.9 Å².